The molecule has 0 N–H and O–H groups in total. The summed E-state index contributed by atoms with van der Waals surface area (Å²) in [5, 5.41) is 2.55. The van der Waals surface area contributed by atoms with Crippen molar-refractivity contribution in [1.29, 1.82) is 0 Å². The number of hydrogen-bond acceptors (Lipinski definition) is 2. The summed E-state index contributed by atoms with van der Waals surface area (Å²) in [6.07, 6.45) is 0. The highest BCUT2D eigenvalue weighted by Gasteiger charge is 2.23. The number of fused-ring (bicyclic) bond motifs is 1. The fraction of sp³-hybridized carbons (Fsp3) is 0.312. The Kier molecular flexibility index (Phi) is 2.78. The fourth-order valence-corrected chi connectivity index (χ4v) is 2.41. The Labute approximate surface area is 107 Å². The van der Waals surface area contributed by atoms with Crippen LogP contribution in [0.5, 0.6) is 0 Å². The molecule has 2 heteroatoms. The predicted octanol–water partition coefficient (Wildman–Crippen LogP) is 3.97. The second-order valence-electron chi connectivity index (χ2n) is 5.02. The van der Waals surface area contributed by atoms with Gasteiger partial charge in [0.2, 0.25) is 0 Å². The first-order valence-corrected chi connectivity index (χ1v) is 6.44. The maximum atomic E-state index is 5.68. The van der Waals surface area contributed by atoms with Gasteiger partial charge in [-0.25, -0.2) is 4.99 Å². The fourth-order valence-electron chi connectivity index (χ4n) is 2.41. The van der Waals surface area contributed by atoms with Gasteiger partial charge in [-0.05, 0) is 16.3 Å². The number of hydrogen-bond donors (Lipinski definition) is 0. The molecule has 18 heavy (non-hydrogen) atoms. The van der Waals surface area contributed by atoms with E-state index in [1.54, 1.807) is 0 Å². The van der Waals surface area contributed by atoms with E-state index < -0.39 is 0 Å². The third-order valence-electron chi connectivity index (χ3n) is 3.35. The monoisotopic (exact) mass is 239 g/mol. The zero-order valence-corrected chi connectivity index (χ0v) is 10.8. The highest BCUT2D eigenvalue weighted by molar-refractivity contribution is 5.87. The molecule has 1 heterocycles. The topological polar surface area (TPSA) is 21.6 Å². The van der Waals surface area contributed by atoms with E-state index in [-0.39, 0.29) is 6.04 Å². The Hall–Kier alpha value is -1.83. The van der Waals surface area contributed by atoms with Crippen molar-refractivity contribution in [2.45, 2.75) is 19.9 Å². The molecule has 0 bridgehead atoms. The molecule has 0 unspecified atom stereocenters. The Morgan fingerprint density at radius 2 is 1.89 bits per heavy atom. The smallest absolute Gasteiger partial charge is 0.186 e. The van der Waals surface area contributed by atoms with Crippen molar-refractivity contribution < 1.29 is 4.74 Å². The third kappa shape index (κ3) is 1.88. The molecule has 1 aliphatic rings. The van der Waals surface area contributed by atoms with E-state index in [1.807, 2.05) is 0 Å². The van der Waals surface area contributed by atoms with E-state index in [1.165, 1.54) is 16.3 Å². The van der Waals surface area contributed by atoms with Gasteiger partial charge in [0.25, 0.3) is 0 Å². The van der Waals surface area contributed by atoms with Gasteiger partial charge in [-0.1, -0.05) is 56.3 Å². The summed E-state index contributed by atoms with van der Waals surface area (Å²) in [5.74, 6) is 1.25. The van der Waals surface area contributed by atoms with Crippen molar-refractivity contribution in [3.05, 3.63) is 48.0 Å². The summed E-state index contributed by atoms with van der Waals surface area (Å²) in [6.45, 7) is 4.90. The first-order chi connectivity index (χ1) is 8.75. The van der Waals surface area contributed by atoms with Gasteiger partial charge in [-0.15, -0.1) is 0 Å². The van der Waals surface area contributed by atoms with E-state index in [4.69, 9.17) is 9.73 Å². The number of rotatable bonds is 2. The van der Waals surface area contributed by atoms with Crippen LogP contribution in [0.25, 0.3) is 10.8 Å². The number of ether oxygens (including phenoxy) is 1. The minimum Gasteiger partial charge on any atom is -0.478 e. The zero-order chi connectivity index (χ0) is 12.5. The molecule has 1 aliphatic heterocycles. The summed E-state index contributed by atoms with van der Waals surface area (Å²) in [4.78, 5) is 4.70. The minimum absolute atomic E-state index is 0.147. The second-order valence-corrected chi connectivity index (χ2v) is 5.02. The van der Waals surface area contributed by atoms with Gasteiger partial charge in [0, 0.05) is 5.92 Å². The lowest BCUT2D eigenvalue weighted by Gasteiger charge is -2.09. The summed E-state index contributed by atoms with van der Waals surface area (Å²) < 4.78 is 5.68. The molecule has 2 aromatic rings. The molecule has 1 atom stereocenters. The van der Waals surface area contributed by atoms with Gasteiger partial charge in [0.1, 0.15) is 12.6 Å². The lowest BCUT2D eigenvalue weighted by molar-refractivity contribution is 0.304. The van der Waals surface area contributed by atoms with Gasteiger partial charge >= 0.3 is 0 Å². The van der Waals surface area contributed by atoms with Crippen molar-refractivity contribution in [2.75, 3.05) is 6.61 Å². The SMILES string of the molecule is CC(C)C1=N[C@@H](c2cccc3ccccc23)CO1. The first kappa shape index (κ1) is 11.3. The van der Waals surface area contributed by atoms with Crippen LogP contribution < -0.4 is 0 Å². The summed E-state index contributed by atoms with van der Waals surface area (Å²) >= 11 is 0. The average molecular weight is 239 g/mol. The molecular weight excluding hydrogens is 222 g/mol. The van der Waals surface area contributed by atoms with Gasteiger partial charge in [-0.2, -0.15) is 0 Å². The number of benzene rings is 2. The molecule has 2 aromatic carbocycles. The summed E-state index contributed by atoms with van der Waals surface area (Å²) in [6, 6.07) is 15.0. The van der Waals surface area contributed by atoms with Crippen LogP contribution in [-0.4, -0.2) is 12.5 Å². The van der Waals surface area contributed by atoms with Crippen molar-refractivity contribution >= 4 is 16.7 Å². The Morgan fingerprint density at radius 1 is 1.11 bits per heavy atom. The van der Waals surface area contributed by atoms with Crippen molar-refractivity contribution in [3.8, 4) is 0 Å². The third-order valence-corrected chi connectivity index (χ3v) is 3.35. The Morgan fingerprint density at radius 3 is 2.67 bits per heavy atom. The van der Waals surface area contributed by atoms with E-state index in [2.05, 4.69) is 56.3 Å². The van der Waals surface area contributed by atoms with Crippen molar-refractivity contribution in [1.82, 2.24) is 0 Å². The molecule has 0 amide bonds. The van der Waals surface area contributed by atoms with Crippen LogP contribution in [0.4, 0.5) is 0 Å². The van der Waals surface area contributed by atoms with Gasteiger partial charge in [0.15, 0.2) is 5.90 Å². The second kappa shape index (κ2) is 4.45. The number of nitrogens with zero attached hydrogens (tertiary/aromatic N) is 1. The van der Waals surface area contributed by atoms with Gasteiger partial charge in [0.05, 0.1) is 0 Å². The lowest BCUT2D eigenvalue weighted by Crippen LogP contribution is -2.06. The molecular formula is C16H17NO. The Balaban J connectivity index is 2.06. The van der Waals surface area contributed by atoms with Crippen LogP contribution in [0.2, 0.25) is 0 Å². The molecule has 3 rings (SSSR count). The van der Waals surface area contributed by atoms with E-state index in [0.717, 1.165) is 5.90 Å². The molecule has 92 valence electrons. The van der Waals surface area contributed by atoms with Crippen LogP contribution in [-0.2, 0) is 4.74 Å². The standard InChI is InChI=1S/C16H17NO/c1-11(2)16-17-15(10-18-16)14-9-5-7-12-6-3-4-8-13(12)14/h3-9,11,15H,10H2,1-2H3/t15-/m1/s1. The number of aliphatic imine (C=N–C) groups is 1. The Bertz CT molecular complexity index is 596. The summed E-state index contributed by atoms with van der Waals surface area (Å²) in [7, 11) is 0. The first-order valence-electron chi connectivity index (χ1n) is 6.44. The van der Waals surface area contributed by atoms with E-state index >= 15 is 0 Å². The maximum Gasteiger partial charge on any atom is 0.186 e. The molecule has 0 spiro atoms. The predicted molar refractivity (Wildman–Crippen MR) is 74.9 cm³/mol. The highest BCUT2D eigenvalue weighted by atomic mass is 16.5. The summed E-state index contributed by atoms with van der Waals surface area (Å²) in [5.41, 5.74) is 1.27. The molecule has 0 aliphatic carbocycles. The molecule has 0 saturated carbocycles. The molecule has 0 saturated heterocycles. The maximum absolute atomic E-state index is 5.68. The van der Waals surface area contributed by atoms with Crippen molar-refractivity contribution in [2.24, 2.45) is 10.9 Å². The van der Waals surface area contributed by atoms with Crippen LogP contribution in [0.15, 0.2) is 47.5 Å². The highest BCUT2D eigenvalue weighted by Crippen LogP contribution is 2.30. The van der Waals surface area contributed by atoms with Crippen LogP contribution in [0.3, 0.4) is 0 Å². The van der Waals surface area contributed by atoms with Gasteiger partial charge < -0.3 is 4.74 Å². The van der Waals surface area contributed by atoms with Crippen LogP contribution >= 0.6 is 0 Å². The average Bonchev–Trinajstić information content (AvgIpc) is 2.87. The van der Waals surface area contributed by atoms with Crippen LogP contribution in [0.1, 0.15) is 25.5 Å². The zero-order valence-electron chi connectivity index (χ0n) is 10.8. The molecule has 0 radical (unpaired) electrons. The molecule has 0 aromatic heterocycles. The van der Waals surface area contributed by atoms with E-state index in [9.17, 15) is 0 Å². The van der Waals surface area contributed by atoms with Crippen LogP contribution in [0, 0.1) is 5.92 Å². The normalized spacial score (nSPS) is 19.1. The quantitative estimate of drug-likeness (QED) is 0.777. The van der Waals surface area contributed by atoms with E-state index in [0.29, 0.717) is 12.5 Å². The molecule has 2 nitrogen and oxygen atoms in total. The largest absolute Gasteiger partial charge is 0.478 e. The van der Waals surface area contributed by atoms with Gasteiger partial charge in [-0.3, -0.25) is 0 Å². The molecule has 0 fully saturated rings. The lowest BCUT2D eigenvalue weighted by atomic mass is 10.00. The minimum atomic E-state index is 0.147. The van der Waals surface area contributed by atoms with Crippen molar-refractivity contribution in [3.63, 3.8) is 0 Å².